The number of unbranched alkanes of at least 4 members (excludes halogenated alkanes) is 1. The highest BCUT2D eigenvalue weighted by molar-refractivity contribution is 9.09. The van der Waals surface area contributed by atoms with Crippen molar-refractivity contribution in [2.24, 2.45) is 0 Å². The molecule has 15 heavy (non-hydrogen) atoms. The van der Waals surface area contributed by atoms with E-state index in [4.69, 9.17) is 9.47 Å². The van der Waals surface area contributed by atoms with Gasteiger partial charge in [-0.05, 0) is 52.9 Å². The molecule has 0 N–H and O–H groups in total. The van der Waals surface area contributed by atoms with Crippen molar-refractivity contribution in [2.75, 3.05) is 19.2 Å². The van der Waals surface area contributed by atoms with E-state index in [1.54, 1.807) is 7.11 Å². The Labute approximate surface area is 99.7 Å². The molecule has 0 fully saturated rings. The van der Waals surface area contributed by atoms with Crippen molar-refractivity contribution >= 4 is 15.9 Å². The van der Waals surface area contributed by atoms with E-state index >= 15 is 0 Å². The summed E-state index contributed by atoms with van der Waals surface area (Å²) in [6.07, 6.45) is 3.36. The van der Waals surface area contributed by atoms with Crippen LogP contribution in [0.15, 0.2) is 24.3 Å². The zero-order valence-electron chi connectivity index (χ0n) is 9.04. The van der Waals surface area contributed by atoms with Crippen molar-refractivity contribution in [1.82, 2.24) is 0 Å². The van der Waals surface area contributed by atoms with Gasteiger partial charge in [-0.25, -0.2) is 0 Å². The van der Waals surface area contributed by atoms with Gasteiger partial charge in [0.05, 0.1) is 0 Å². The van der Waals surface area contributed by atoms with Gasteiger partial charge in [-0.2, -0.15) is 0 Å². The monoisotopic (exact) mass is 272 g/mol. The van der Waals surface area contributed by atoms with Crippen LogP contribution < -0.4 is 4.74 Å². The zero-order chi connectivity index (χ0) is 10.9. The van der Waals surface area contributed by atoms with E-state index in [-0.39, 0.29) is 0 Å². The van der Waals surface area contributed by atoms with Crippen molar-refractivity contribution in [2.45, 2.75) is 19.3 Å². The number of hydrogen-bond donors (Lipinski definition) is 0. The Balaban J connectivity index is 2.36. The molecule has 0 saturated carbocycles. The van der Waals surface area contributed by atoms with E-state index in [1.165, 1.54) is 5.56 Å². The Morgan fingerprint density at radius 2 is 2.13 bits per heavy atom. The smallest absolute Gasteiger partial charge is 0.143 e. The second-order valence-electron chi connectivity index (χ2n) is 3.35. The maximum Gasteiger partial charge on any atom is 0.143 e. The Hall–Kier alpha value is -0.540. The molecule has 3 heteroatoms. The number of methoxy groups -OCH3 is 1. The average Bonchev–Trinajstić information content (AvgIpc) is 2.26. The highest BCUT2D eigenvalue weighted by Crippen LogP contribution is 2.15. The van der Waals surface area contributed by atoms with Gasteiger partial charge in [-0.15, -0.1) is 0 Å². The number of aryl methyl sites for hydroxylation is 1. The van der Waals surface area contributed by atoms with Gasteiger partial charge in [-0.1, -0.05) is 12.1 Å². The molecule has 0 aliphatic carbocycles. The number of hydrogen-bond acceptors (Lipinski definition) is 2. The van der Waals surface area contributed by atoms with Gasteiger partial charge in [0, 0.05) is 13.7 Å². The van der Waals surface area contributed by atoms with Crippen LogP contribution in [0.2, 0.25) is 0 Å². The first kappa shape index (κ1) is 12.5. The maximum atomic E-state index is 5.37. The van der Waals surface area contributed by atoms with Gasteiger partial charge in [0.1, 0.15) is 11.3 Å². The molecule has 0 amide bonds. The first-order valence-corrected chi connectivity index (χ1v) is 6.25. The van der Waals surface area contributed by atoms with Crippen LogP contribution in [0.5, 0.6) is 5.75 Å². The molecule has 0 spiro atoms. The van der Waals surface area contributed by atoms with Crippen LogP contribution in [-0.2, 0) is 11.2 Å². The molecule has 0 aromatic heterocycles. The summed E-state index contributed by atoms with van der Waals surface area (Å²) in [5.41, 5.74) is 1.87. The topological polar surface area (TPSA) is 18.5 Å². The predicted octanol–water partition coefficient (Wildman–Crippen LogP) is 3.39. The molecule has 1 aromatic carbocycles. The molecule has 2 nitrogen and oxygen atoms in total. The van der Waals surface area contributed by atoms with Crippen LogP contribution >= 0.6 is 15.9 Å². The molecule has 0 aliphatic rings. The minimum atomic E-state index is 0.542. The summed E-state index contributed by atoms with van der Waals surface area (Å²) in [5.74, 6) is 0.927. The summed E-state index contributed by atoms with van der Waals surface area (Å²) in [4.78, 5) is 0. The Kier molecular flexibility index (Phi) is 6.44. The van der Waals surface area contributed by atoms with Crippen molar-refractivity contribution < 1.29 is 9.47 Å². The minimum Gasteiger partial charge on any atom is -0.482 e. The lowest BCUT2D eigenvalue weighted by atomic mass is 10.1. The largest absolute Gasteiger partial charge is 0.482 e. The second kappa shape index (κ2) is 7.71. The SMILES string of the molecule is COCCCCc1cccc(OCBr)c1. The third-order valence-corrected chi connectivity index (χ3v) is 2.41. The number of halogens is 1. The molecular formula is C12H17BrO2. The van der Waals surface area contributed by atoms with Crippen LogP contribution in [0.1, 0.15) is 18.4 Å². The lowest BCUT2D eigenvalue weighted by Gasteiger charge is -2.05. The molecule has 0 atom stereocenters. The van der Waals surface area contributed by atoms with E-state index in [9.17, 15) is 0 Å². The highest BCUT2D eigenvalue weighted by Gasteiger charge is 1.96. The molecule has 0 unspecified atom stereocenters. The Morgan fingerprint density at radius 3 is 2.87 bits per heavy atom. The fourth-order valence-corrected chi connectivity index (χ4v) is 1.69. The predicted molar refractivity (Wildman–Crippen MR) is 65.7 cm³/mol. The van der Waals surface area contributed by atoms with Gasteiger partial charge in [0.15, 0.2) is 0 Å². The highest BCUT2D eigenvalue weighted by atomic mass is 79.9. The first-order valence-electron chi connectivity index (χ1n) is 5.13. The normalized spacial score (nSPS) is 10.3. The van der Waals surface area contributed by atoms with Crippen molar-refractivity contribution in [3.63, 3.8) is 0 Å². The number of alkyl halides is 1. The van der Waals surface area contributed by atoms with Crippen molar-refractivity contribution in [1.29, 1.82) is 0 Å². The van der Waals surface area contributed by atoms with Crippen molar-refractivity contribution in [3.05, 3.63) is 29.8 Å². The molecule has 84 valence electrons. The summed E-state index contributed by atoms with van der Waals surface area (Å²) >= 11 is 3.25. The molecule has 0 bridgehead atoms. The van der Waals surface area contributed by atoms with Crippen LogP contribution in [0.25, 0.3) is 0 Å². The summed E-state index contributed by atoms with van der Waals surface area (Å²) in [6.45, 7) is 0.845. The molecule has 0 aliphatic heterocycles. The maximum absolute atomic E-state index is 5.37. The van der Waals surface area contributed by atoms with E-state index in [0.29, 0.717) is 5.52 Å². The molecule has 0 saturated heterocycles. The van der Waals surface area contributed by atoms with Crippen molar-refractivity contribution in [3.8, 4) is 5.75 Å². The zero-order valence-corrected chi connectivity index (χ0v) is 10.6. The number of rotatable bonds is 7. The average molecular weight is 273 g/mol. The van der Waals surface area contributed by atoms with Gasteiger partial charge < -0.3 is 9.47 Å². The van der Waals surface area contributed by atoms with Gasteiger partial charge in [-0.3, -0.25) is 0 Å². The molecule has 0 heterocycles. The van der Waals surface area contributed by atoms with E-state index in [1.807, 2.05) is 12.1 Å². The molecule has 0 radical (unpaired) electrons. The second-order valence-corrected chi connectivity index (χ2v) is 3.81. The summed E-state index contributed by atoms with van der Waals surface area (Å²) in [5, 5.41) is 0. The van der Waals surface area contributed by atoms with Gasteiger partial charge in [0.25, 0.3) is 0 Å². The Morgan fingerprint density at radius 1 is 1.27 bits per heavy atom. The first-order chi connectivity index (χ1) is 7.36. The van der Waals surface area contributed by atoms with E-state index in [0.717, 1.165) is 31.6 Å². The lowest BCUT2D eigenvalue weighted by molar-refractivity contribution is 0.193. The number of ether oxygens (including phenoxy) is 2. The van der Waals surface area contributed by atoms with Crippen LogP contribution in [-0.4, -0.2) is 19.2 Å². The molecule has 1 aromatic rings. The quantitative estimate of drug-likeness (QED) is 0.560. The fourth-order valence-electron chi connectivity index (χ4n) is 1.43. The summed E-state index contributed by atoms with van der Waals surface area (Å²) < 4.78 is 10.4. The third kappa shape index (κ3) is 5.19. The van der Waals surface area contributed by atoms with Gasteiger partial charge >= 0.3 is 0 Å². The third-order valence-electron chi connectivity index (χ3n) is 2.18. The van der Waals surface area contributed by atoms with Crippen LogP contribution in [0.3, 0.4) is 0 Å². The minimum absolute atomic E-state index is 0.542. The standard InChI is InChI=1S/C12H17BrO2/c1-14-8-3-2-5-11-6-4-7-12(9-11)15-10-13/h4,6-7,9H,2-3,5,8,10H2,1H3. The summed E-state index contributed by atoms with van der Waals surface area (Å²) in [7, 11) is 1.74. The van der Waals surface area contributed by atoms with Gasteiger partial charge in [0.2, 0.25) is 0 Å². The number of benzene rings is 1. The summed E-state index contributed by atoms with van der Waals surface area (Å²) in [6, 6.07) is 8.23. The molecular weight excluding hydrogens is 256 g/mol. The Bertz CT molecular complexity index is 276. The van der Waals surface area contributed by atoms with Crippen LogP contribution in [0, 0.1) is 0 Å². The van der Waals surface area contributed by atoms with E-state index in [2.05, 4.69) is 28.1 Å². The molecule has 1 rings (SSSR count). The van der Waals surface area contributed by atoms with Crippen LogP contribution in [0.4, 0.5) is 0 Å². The fraction of sp³-hybridized carbons (Fsp3) is 0.500. The van der Waals surface area contributed by atoms with E-state index < -0.39 is 0 Å². The lowest BCUT2D eigenvalue weighted by Crippen LogP contribution is -1.93.